The Morgan fingerprint density at radius 2 is 2.21 bits per heavy atom. The maximum Gasteiger partial charge on any atom is 0.391 e. The Bertz CT molecular complexity index is 292. The van der Waals surface area contributed by atoms with Gasteiger partial charge in [-0.15, -0.1) is 0 Å². The summed E-state index contributed by atoms with van der Waals surface area (Å²) in [5, 5.41) is 2.68. The molecule has 0 amide bonds. The van der Waals surface area contributed by atoms with Crippen molar-refractivity contribution in [2.75, 3.05) is 5.32 Å². The van der Waals surface area contributed by atoms with Crippen LogP contribution in [0, 0.1) is 0 Å². The van der Waals surface area contributed by atoms with Gasteiger partial charge in [-0.05, 0) is 6.92 Å². The summed E-state index contributed by atoms with van der Waals surface area (Å²) in [7, 11) is 1.72. The minimum Gasteiger partial charge on any atom is -0.353 e. The number of aromatic nitrogens is 2. The Morgan fingerprint density at radius 3 is 2.64 bits per heavy atom. The Labute approximate surface area is 79.9 Å². The normalized spacial score (nSPS) is 14.1. The molecule has 1 N–H and O–H groups in total. The van der Waals surface area contributed by atoms with Crippen LogP contribution < -0.4 is 5.32 Å². The highest BCUT2D eigenvalue weighted by atomic mass is 19.4. The van der Waals surface area contributed by atoms with E-state index in [1.165, 1.54) is 13.1 Å². The Balaban J connectivity index is 2.50. The lowest BCUT2D eigenvalue weighted by molar-refractivity contribution is -0.136. The summed E-state index contributed by atoms with van der Waals surface area (Å²) in [6.45, 7) is 1.47. The molecule has 1 unspecified atom stereocenters. The third-order valence-electron chi connectivity index (χ3n) is 1.73. The van der Waals surface area contributed by atoms with E-state index >= 15 is 0 Å². The first-order valence-electron chi connectivity index (χ1n) is 4.19. The van der Waals surface area contributed by atoms with Crippen LogP contribution in [0.5, 0.6) is 0 Å². The van der Waals surface area contributed by atoms with Crippen molar-refractivity contribution in [3.05, 3.63) is 12.4 Å². The van der Waals surface area contributed by atoms with E-state index in [2.05, 4.69) is 10.3 Å². The summed E-state index contributed by atoms with van der Waals surface area (Å²) in [4.78, 5) is 3.87. The molecule has 0 bridgehead atoms. The molecule has 0 spiro atoms. The Hall–Kier alpha value is -1.20. The van der Waals surface area contributed by atoms with Crippen molar-refractivity contribution in [3.63, 3.8) is 0 Å². The molecule has 14 heavy (non-hydrogen) atoms. The molecule has 1 aromatic heterocycles. The van der Waals surface area contributed by atoms with Crippen molar-refractivity contribution in [2.24, 2.45) is 7.05 Å². The van der Waals surface area contributed by atoms with E-state index in [0.717, 1.165) is 0 Å². The van der Waals surface area contributed by atoms with Crippen LogP contribution in [-0.2, 0) is 7.05 Å². The predicted molar refractivity (Wildman–Crippen MR) is 47.0 cm³/mol. The third kappa shape index (κ3) is 3.27. The average molecular weight is 207 g/mol. The molecule has 0 saturated heterocycles. The number of halogens is 3. The van der Waals surface area contributed by atoms with Crippen LogP contribution in [0.2, 0.25) is 0 Å². The molecule has 0 aliphatic carbocycles. The predicted octanol–water partition coefficient (Wildman–Crippen LogP) is 2.17. The van der Waals surface area contributed by atoms with E-state index in [1.54, 1.807) is 17.8 Å². The van der Waals surface area contributed by atoms with Crippen LogP contribution >= 0.6 is 0 Å². The van der Waals surface area contributed by atoms with E-state index < -0.39 is 18.6 Å². The van der Waals surface area contributed by atoms with Gasteiger partial charge in [0.2, 0.25) is 5.95 Å². The molecular weight excluding hydrogens is 195 g/mol. The topological polar surface area (TPSA) is 29.9 Å². The van der Waals surface area contributed by atoms with Gasteiger partial charge in [-0.3, -0.25) is 0 Å². The molecule has 0 radical (unpaired) electrons. The highest BCUT2D eigenvalue weighted by molar-refractivity contribution is 5.26. The zero-order chi connectivity index (χ0) is 10.8. The minimum absolute atomic E-state index is 0.446. The second-order valence-corrected chi connectivity index (χ2v) is 3.23. The molecule has 80 valence electrons. The zero-order valence-corrected chi connectivity index (χ0v) is 7.97. The van der Waals surface area contributed by atoms with Gasteiger partial charge in [0.15, 0.2) is 0 Å². The van der Waals surface area contributed by atoms with Gasteiger partial charge in [0.05, 0.1) is 6.42 Å². The number of rotatable bonds is 3. The second kappa shape index (κ2) is 3.89. The van der Waals surface area contributed by atoms with Crippen molar-refractivity contribution < 1.29 is 13.2 Å². The molecule has 0 fully saturated rings. The van der Waals surface area contributed by atoms with Crippen molar-refractivity contribution in [3.8, 4) is 0 Å². The summed E-state index contributed by atoms with van der Waals surface area (Å²) in [5.41, 5.74) is 0. The first-order chi connectivity index (χ1) is 6.38. The van der Waals surface area contributed by atoms with Gasteiger partial charge >= 0.3 is 6.18 Å². The van der Waals surface area contributed by atoms with Crippen molar-refractivity contribution in [1.29, 1.82) is 0 Å². The first-order valence-corrected chi connectivity index (χ1v) is 4.19. The fraction of sp³-hybridized carbons (Fsp3) is 0.625. The number of hydrogen-bond acceptors (Lipinski definition) is 2. The number of anilines is 1. The van der Waals surface area contributed by atoms with Crippen LogP contribution in [-0.4, -0.2) is 21.8 Å². The van der Waals surface area contributed by atoms with Crippen LogP contribution in [0.1, 0.15) is 13.3 Å². The van der Waals surface area contributed by atoms with E-state index in [9.17, 15) is 13.2 Å². The number of imidazole rings is 1. The van der Waals surface area contributed by atoms with Gasteiger partial charge in [-0.2, -0.15) is 13.2 Å². The van der Waals surface area contributed by atoms with E-state index in [0.29, 0.717) is 5.95 Å². The number of alkyl halides is 3. The van der Waals surface area contributed by atoms with Gasteiger partial charge in [-0.1, -0.05) is 0 Å². The third-order valence-corrected chi connectivity index (χ3v) is 1.73. The average Bonchev–Trinajstić information content (AvgIpc) is 2.32. The highest BCUT2D eigenvalue weighted by Crippen LogP contribution is 2.22. The second-order valence-electron chi connectivity index (χ2n) is 3.23. The molecule has 1 atom stereocenters. The largest absolute Gasteiger partial charge is 0.391 e. The van der Waals surface area contributed by atoms with Crippen molar-refractivity contribution >= 4 is 5.95 Å². The van der Waals surface area contributed by atoms with Gasteiger partial charge in [0.25, 0.3) is 0 Å². The smallest absolute Gasteiger partial charge is 0.353 e. The number of aryl methyl sites for hydroxylation is 1. The van der Waals surface area contributed by atoms with E-state index in [-0.39, 0.29) is 0 Å². The lowest BCUT2D eigenvalue weighted by atomic mass is 10.2. The van der Waals surface area contributed by atoms with Crippen molar-refractivity contribution in [2.45, 2.75) is 25.6 Å². The fourth-order valence-electron chi connectivity index (χ4n) is 1.12. The maximum atomic E-state index is 12.0. The number of hydrogen-bond donors (Lipinski definition) is 1. The van der Waals surface area contributed by atoms with Crippen LogP contribution in [0.25, 0.3) is 0 Å². The quantitative estimate of drug-likeness (QED) is 0.823. The monoisotopic (exact) mass is 207 g/mol. The van der Waals surface area contributed by atoms with Gasteiger partial charge in [0.1, 0.15) is 0 Å². The Kier molecular flexibility index (Phi) is 3.03. The molecule has 0 aliphatic rings. The molecule has 6 heteroatoms. The summed E-state index contributed by atoms with van der Waals surface area (Å²) in [5.74, 6) is 0.446. The first kappa shape index (κ1) is 10.9. The SMILES string of the molecule is CC(CC(F)(F)F)Nc1nccn1C. The fourth-order valence-corrected chi connectivity index (χ4v) is 1.12. The Morgan fingerprint density at radius 1 is 1.57 bits per heavy atom. The van der Waals surface area contributed by atoms with Crippen LogP contribution in [0.4, 0.5) is 19.1 Å². The minimum atomic E-state index is -4.14. The summed E-state index contributed by atoms with van der Waals surface area (Å²) >= 11 is 0. The zero-order valence-electron chi connectivity index (χ0n) is 7.97. The lowest BCUT2D eigenvalue weighted by Crippen LogP contribution is -2.25. The number of nitrogens with one attached hydrogen (secondary N) is 1. The molecule has 1 aromatic rings. The molecule has 3 nitrogen and oxygen atoms in total. The van der Waals surface area contributed by atoms with E-state index in [1.807, 2.05) is 0 Å². The van der Waals surface area contributed by atoms with Crippen molar-refractivity contribution in [1.82, 2.24) is 9.55 Å². The molecule has 1 heterocycles. The molecule has 0 aromatic carbocycles. The van der Waals surface area contributed by atoms with Gasteiger partial charge in [-0.25, -0.2) is 4.98 Å². The standard InChI is InChI=1S/C8H12F3N3/c1-6(5-8(9,10)11)13-7-12-3-4-14(7)2/h3-4,6H,5H2,1-2H3,(H,12,13). The maximum absolute atomic E-state index is 12.0. The van der Waals surface area contributed by atoms with Gasteiger partial charge < -0.3 is 9.88 Å². The molecule has 0 aliphatic heterocycles. The summed E-state index contributed by atoms with van der Waals surface area (Å²) < 4.78 is 37.5. The molecule has 0 saturated carbocycles. The summed E-state index contributed by atoms with van der Waals surface area (Å²) in [6, 6.07) is -0.670. The van der Waals surface area contributed by atoms with Crippen LogP contribution in [0.15, 0.2) is 12.4 Å². The summed E-state index contributed by atoms with van der Waals surface area (Å²) in [6.07, 6.45) is -1.80. The van der Waals surface area contributed by atoms with Gasteiger partial charge in [0, 0.05) is 25.5 Å². The number of nitrogens with zero attached hydrogens (tertiary/aromatic N) is 2. The van der Waals surface area contributed by atoms with E-state index in [4.69, 9.17) is 0 Å². The molecule has 1 rings (SSSR count). The highest BCUT2D eigenvalue weighted by Gasteiger charge is 2.30. The lowest BCUT2D eigenvalue weighted by Gasteiger charge is -2.16. The van der Waals surface area contributed by atoms with Crippen LogP contribution in [0.3, 0.4) is 0 Å². The molecular formula is C8H12F3N3.